The van der Waals surface area contributed by atoms with Gasteiger partial charge in [0.05, 0.1) is 13.2 Å². The Bertz CT molecular complexity index is 356. The van der Waals surface area contributed by atoms with Gasteiger partial charge in [-0.25, -0.2) is 0 Å². The standard InChI is InChI=1S/C15H24O2/c1-6-15(4,5)11-17-14-10-8-9-13(12(14)3)16-7-2/h8-10H,6-7,11H2,1-5H3. The largest absolute Gasteiger partial charge is 0.493 e. The maximum absolute atomic E-state index is 5.90. The molecular formula is C15H24O2. The summed E-state index contributed by atoms with van der Waals surface area (Å²) in [6.07, 6.45) is 1.11. The third kappa shape index (κ3) is 3.95. The molecule has 0 unspecified atom stereocenters. The predicted molar refractivity (Wildman–Crippen MR) is 71.9 cm³/mol. The van der Waals surface area contributed by atoms with Crippen LogP contribution in [-0.2, 0) is 0 Å². The zero-order chi connectivity index (χ0) is 12.9. The van der Waals surface area contributed by atoms with E-state index in [0.29, 0.717) is 6.61 Å². The third-order valence-electron chi connectivity index (χ3n) is 3.11. The molecule has 0 amide bonds. The molecule has 0 aromatic heterocycles. The van der Waals surface area contributed by atoms with Crippen molar-refractivity contribution in [1.82, 2.24) is 0 Å². The second-order valence-electron chi connectivity index (χ2n) is 5.12. The molecule has 0 heterocycles. The molecule has 0 bridgehead atoms. The monoisotopic (exact) mass is 236 g/mol. The van der Waals surface area contributed by atoms with Crippen molar-refractivity contribution in [2.24, 2.45) is 5.41 Å². The van der Waals surface area contributed by atoms with Crippen LogP contribution in [0.5, 0.6) is 11.5 Å². The zero-order valence-electron chi connectivity index (χ0n) is 11.7. The zero-order valence-corrected chi connectivity index (χ0v) is 11.7. The predicted octanol–water partition coefficient (Wildman–Crippen LogP) is 4.21. The van der Waals surface area contributed by atoms with Crippen molar-refractivity contribution >= 4 is 0 Å². The van der Waals surface area contributed by atoms with E-state index in [0.717, 1.165) is 30.1 Å². The highest BCUT2D eigenvalue weighted by atomic mass is 16.5. The molecule has 0 aliphatic carbocycles. The molecule has 0 saturated carbocycles. The van der Waals surface area contributed by atoms with Crippen molar-refractivity contribution in [2.45, 2.75) is 41.0 Å². The van der Waals surface area contributed by atoms with Crippen LogP contribution in [0.25, 0.3) is 0 Å². The van der Waals surface area contributed by atoms with Crippen molar-refractivity contribution in [1.29, 1.82) is 0 Å². The van der Waals surface area contributed by atoms with Gasteiger partial charge in [-0.15, -0.1) is 0 Å². The highest BCUT2D eigenvalue weighted by Gasteiger charge is 2.17. The number of rotatable bonds is 6. The molecule has 1 aromatic rings. The summed E-state index contributed by atoms with van der Waals surface area (Å²) in [7, 11) is 0. The minimum atomic E-state index is 0.216. The molecule has 0 fully saturated rings. The lowest BCUT2D eigenvalue weighted by molar-refractivity contribution is 0.174. The average Bonchev–Trinajstić information content (AvgIpc) is 2.31. The first-order chi connectivity index (χ1) is 8.00. The van der Waals surface area contributed by atoms with E-state index >= 15 is 0 Å². The summed E-state index contributed by atoms with van der Waals surface area (Å²) >= 11 is 0. The van der Waals surface area contributed by atoms with Crippen LogP contribution in [-0.4, -0.2) is 13.2 Å². The minimum absolute atomic E-state index is 0.216. The normalized spacial score (nSPS) is 11.4. The van der Waals surface area contributed by atoms with E-state index < -0.39 is 0 Å². The van der Waals surface area contributed by atoms with Crippen LogP contribution in [0.2, 0.25) is 0 Å². The summed E-state index contributed by atoms with van der Waals surface area (Å²) < 4.78 is 11.5. The summed E-state index contributed by atoms with van der Waals surface area (Å²) in [6.45, 7) is 12.1. The van der Waals surface area contributed by atoms with Gasteiger partial charge in [-0.1, -0.05) is 26.8 Å². The van der Waals surface area contributed by atoms with Gasteiger partial charge in [0.1, 0.15) is 11.5 Å². The summed E-state index contributed by atoms with van der Waals surface area (Å²) in [5, 5.41) is 0. The molecule has 96 valence electrons. The van der Waals surface area contributed by atoms with Crippen LogP contribution in [0.1, 0.15) is 39.7 Å². The third-order valence-corrected chi connectivity index (χ3v) is 3.11. The minimum Gasteiger partial charge on any atom is -0.493 e. The molecule has 2 nitrogen and oxygen atoms in total. The number of hydrogen-bond donors (Lipinski definition) is 0. The van der Waals surface area contributed by atoms with Crippen LogP contribution < -0.4 is 9.47 Å². The topological polar surface area (TPSA) is 18.5 Å². The smallest absolute Gasteiger partial charge is 0.125 e. The van der Waals surface area contributed by atoms with Gasteiger partial charge in [0.25, 0.3) is 0 Å². The Morgan fingerprint density at radius 1 is 1.06 bits per heavy atom. The molecule has 0 aliphatic rings. The van der Waals surface area contributed by atoms with E-state index in [4.69, 9.17) is 9.47 Å². The van der Waals surface area contributed by atoms with Gasteiger partial charge in [0.15, 0.2) is 0 Å². The van der Waals surface area contributed by atoms with Gasteiger partial charge in [0.2, 0.25) is 0 Å². The van der Waals surface area contributed by atoms with Gasteiger partial charge in [-0.2, -0.15) is 0 Å². The lowest BCUT2D eigenvalue weighted by Crippen LogP contribution is -2.20. The van der Waals surface area contributed by atoms with Crippen molar-refractivity contribution < 1.29 is 9.47 Å². The van der Waals surface area contributed by atoms with Crippen LogP contribution in [0, 0.1) is 12.3 Å². The second kappa shape index (κ2) is 5.95. The molecule has 0 aliphatic heterocycles. The molecule has 0 N–H and O–H groups in total. The number of hydrogen-bond acceptors (Lipinski definition) is 2. The molecule has 17 heavy (non-hydrogen) atoms. The lowest BCUT2D eigenvalue weighted by Gasteiger charge is -2.23. The maximum Gasteiger partial charge on any atom is 0.125 e. The van der Waals surface area contributed by atoms with E-state index in [1.54, 1.807) is 0 Å². The highest BCUT2D eigenvalue weighted by Crippen LogP contribution is 2.29. The number of benzene rings is 1. The van der Waals surface area contributed by atoms with E-state index in [1.165, 1.54) is 0 Å². The van der Waals surface area contributed by atoms with Crippen molar-refractivity contribution in [3.63, 3.8) is 0 Å². The van der Waals surface area contributed by atoms with Crippen LogP contribution in [0.3, 0.4) is 0 Å². The Kier molecular flexibility index (Phi) is 4.86. The first-order valence-electron chi connectivity index (χ1n) is 6.35. The summed E-state index contributed by atoms with van der Waals surface area (Å²) in [4.78, 5) is 0. The quantitative estimate of drug-likeness (QED) is 0.736. The Balaban J connectivity index is 2.75. The Hall–Kier alpha value is -1.18. The number of ether oxygens (including phenoxy) is 2. The molecular weight excluding hydrogens is 212 g/mol. The highest BCUT2D eigenvalue weighted by molar-refractivity contribution is 5.43. The Labute approximate surface area is 105 Å². The van der Waals surface area contributed by atoms with Crippen molar-refractivity contribution in [2.75, 3.05) is 13.2 Å². The van der Waals surface area contributed by atoms with Gasteiger partial charge < -0.3 is 9.47 Å². The maximum atomic E-state index is 5.90. The first-order valence-corrected chi connectivity index (χ1v) is 6.35. The van der Waals surface area contributed by atoms with E-state index in [-0.39, 0.29) is 5.41 Å². The van der Waals surface area contributed by atoms with Gasteiger partial charge in [0, 0.05) is 5.56 Å². The molecule has 0 spiro atoms. The van der Waals surface area contributed by atoms with Crippen molar-refractivity contribution in [3.8, 4) is 11.5 Å². The SMILES string of the molecule is CCOc1cccc(OCC(C)(C)CC)c1C. The average molecular weight is 236 g/mol. The molecule has 0 atom stereocenters. The molecule has 0 radical (unpaired) electrons. The van der Waals surface area contributed by atoms with E-state index in [9.17, 15) is 0 Å². The molecule has 1 rings (SSSR count). The first kappa shape index (κ1) is 13.9. The summed E-state index contributed by atoms with van der Waals surface area (Å²) in [5.74, 6) is 1.84. The second-order valence-corrected chi connectivity index (χ2v) is 5.12. The fourth-order valence-corrected chi connectivity index (χ4v) is 1.44. The Morgan fingerprint density at radius 3 is 2.18 bits per heavy atom. The van der Waals surface area contributed by atoms with Crippen LogP contribution >= 0.6 is 0 Å². The van der Waals surface area contributed by atoms with Crippen LogP contribution in [0.15, 0.2) is 18.2 Å². The molecule has 0 saturated heterocycles. The molecule has 2 heteroatoms. The fourth-order valence-electron chi connectivity index (χ4n) is 1.44. The lowest BCUT2D eigenvalue weighted by atomic mass is 9.92. The summed E-state index contributed by atoms with van der Waals surface area (Å²) in [6, 6.07) is 5.96. The summed E-state index contributed by atoms with van der Waals surface area (Å²) in [5.41, 5.74) is 1.30. The van der Waals surface area contributed by atoms with E-state index in [1.807, 2.05) is 32.0 Å². The molecule has 1 aromatic carbocycles. The van der Waals surface area contributed by atoms with Gasteiger partial charge >= 0.3 is 0 Å². The van der Waals surface area contributed by atoms with E-state index in [2.05, 4.69) is 20.8 Å². The van der Waals surface area contributed by atoms with Crippen LogP contribution in [0.4, 0.5) is 0 Å². The Morgan fingerprint density at radius 2 is 1.65 bits per heavy atom. The van der Waals surface area contributed by atoms with Gasteiger partial charge in [-0.3, -0.25) is 0 Å². The van der Waals surface area contributed by atoms with Gasteiger partial charge in [-0.05, 0) is 37.8 Å². The van der Waals surface area contributed by atoms with Crippen molar-refractivity contribution in [3.05, 3.63) is 23.8 Å². The fraction of sp³-hybridized carbons (Fsp3) is 0.600.